The van der Waals surface area contributed by atoms with Gasteiger partial charge in [0.1, 0.15) is 5.82 Å². The van der Waals surface area contributed by atoms with Crippen molar-refractivity contribution in [3.63, 3.8) is 0 Å². The number of hydrogen-bond acceptors (Lipinski definition) is 3. The molecule has 0 amide bonds. The van der Waals surface area contributed by atoms with E-state index in [2.05, 4.69) is 4.98 Å². The van der Waals surface area contributed by atoms with Crippen LogP contribution in [0.4, 0.5) is 4.39 Å². The SMILES string of the molecule is Cc1c(/C=C/C(=O)c2cccnc2)c2ccccn2c1C(=O)c1ccc(F)cc1. The number of allylic oxidation sites excluding steroid dienone is 1. The zero-order valence-corrected chi connectivity index (χ0v) is 15.7. The molecule has 0 atom stereocenters. The minimum Gasteiger partial charge on any atom is -0.313 e. The minimum absolute atomic E-state index is 0.167. The van der Waals surface area contributed by atoms with Crippen molar-refractivity contribution in [1.82, 2.24) is 9.38 Å². The summed E-state index contributed by atoms with van der Waals surface area (Å²) in [6.07, 6.45) is 8.14. The lowest BCUT2D eigenvalue weighted by molar-refractivity contribution is 0.102. The lowest BCUT2D eigenvalue weighted by Crippen LogP contribution is -2.06. The van der Waals surface area contributed by atoms with Crippen molar-refractivity contribution in [3.8, 4) is 0 Å². The number of carbonyl (C=O) groups excluding carboxylic acids is 2. The first kappa shape index (κ1) is 18.5. The highest BCUT2D eigenvalue weighted by atomic mass is 19.1. The molecular formula is C24H17FN2O2. The fourth-order valence-corrected chi connectivity index (χ4v) is 3.35. The topological polar surface area (TPSA) is 51.4 Å². The van der Waals surface area contributed by atoms with Crippen LogP contribution in [-0.4, -0.2) is 21.0 Å². The second-order valence-electron chi connectivity index (χ2n) is 6.62. The van der Waals surface area contributed by atoms with E-state index in [4.69, 9.17) is 0 Å². The van der Waals surface area contributed by atoms with Crippen LogP contribution in [-0.2, 0) is 0 Å². The van der Waals surface area contributed by atoms with E-state index in [1.54, 1.807) is 35.0 Å². The number of nitrogens with zero attached hydrogens (tertiary/aromatic N) is 2. The first-order valence-electron chi connectivity index (χ1n) is 9.08. The predicted molar refractivity (Wildman–Crippen MR) is 110 cm³/mol. The van der Waals surface area contributed by atoms with Gasteiger partial charge in [0.15, 0.2) is 5.78 Å². The van der Waals surface area contributed by atoms with Gasteiger partial charge < -0.3 is 4.40 Å². The van der Waals surface area contributed by atoms with E-state index in [0.717, 1.165) is 16.6 Å². The Morgan fingerprint density at radius 2 is 1.79 bits per heavy atom. The van der Waals surface area contributed by atoms with Gasteiger partial charge in [-0.2, -0.15) is 0 Å². The Labute approximate surface area is 167 Å². The third-order valence-electron chi connectivity index (χ3n) is 4.80. The summed E-state index contributed by atoms with van der Waals surface area (Å²) in [5.41, 5.74) is 3.73. The predicted octanol–water partition coefficient (Wildman–Crippen LogP) is 4.91. The van der Waals surface area contributed by atoms with Gasteiger partial charge >= 0.3 is 0 Å². The summed E-state index contributed by atoms with van der Waals surface area (Å²) in [4.78, 5) is 29.5. The van der Waals surface area contributed by atoms with E-state index in [9.17, 15) is 14.0 Å². The number of ketones is 2. The van der Waals surface area contributed by atoms with Gasteiger partial charge in [-0.05, 0) is 73.2 Å². The van der Waals surface area contributed by atoms with Gasteiger partial charge in [-0.15, -0.1) is 0 Å². The number of pyridine rings is 2. The van der Waals surface area contributed by atoms with Gasteiger partial charge in [-0.25, -0.2) is 4.39 Å². The number of carbonyl (C=O) groups is 2. The minimum atomic E-state index is -0.393. The van der Waals surface area contributed by atoms with Crippen molar-refractivity contribution < 1.29 is 14.0 Å². The highest BCUT2D eigenvalue weighted by molar-refractivity contribution is 6.11. The molecule has 0 saturated heterocycles. The molecule has 5 heteroatoms. The molecule has 0 unspecified atom stereocenters. The molecule has 4 nitrogen and oxygen atoms in total. The van der Waals surface area contributed by atoms with Gasteiger partial charge in [0.2, 0.25) is 5.78 Å². The van der Waals surface area contributed by atoms with Crippen LogP contribution in [0, 0.1) is 12.7 Å². The summed E-state index contributed by atoms with van der Waals surface area (Å²) in [6.45, 7) is 1.85. The molecule has 0 saturated carbocycles. The van der Waals surface area contributed by atoms with Crippen LogP contribution in [0.5, 0.6) is 0 Å². The van der Waals surface area contributed by atoms with E-state index < -0.39 is 5.82 Å². The monoisotopic (exact) mass is 384 g/mol. The summed E-state index contributed by atoms with van der Waals surface area (Å²) in [6, 6.07) is 14.5. The molecule has 0 aliphatic carbocycles. The number of benzene rings is 1. The highest BCUT2D eigenvalue weighted by Crippen LogP contribution is 2.27. The maximum absolute atomic E-state index is 13.2. The Bertz CT molecular complexity index is 1240. The average molecular weight is 384 g/mol. The van der Waals surface area contributed by atoms with E-state index in [1.165, 1.54) is 36.5 Å². The number of halogens is 1. The first-order chi connectivity index (χ1) is 14.1. The molecule has 29 heavy (non-hydrogen) atoms. The van der Waals surface area contributed by atoms with E-state index in [1.807, 2.05) is 25.1 Å². The Morgan fingerprint density at radius 1 is 1.00 bits per heavy atom. The van der Waals surface area contributed by atoms with Gasteiger partial charge in [-0.3, -0.25) is 14.6 Å². The lowest BCUT2D eigenvalue weighted by Gasteiger charge is -2.04. The summed E-state index contributed by atoms with van der Waals surface area (Å²) < 4.78 is 15.0. The molecule has 0 aliphatic rings. The fourth-order valence-electron chi connectivity index (χ4n) is 3.35. The number of fused-ring (bicyclic) bond motifs is 1. The summed E-state index contributed by atoms with van der Waals surface area (Å²) >= 11 is 0. The van der Waals surface area contributed by atoms with Crippen molar-refractivity contribution in [1.29, 1.82) is 0 Å². The molecule has 4 aromatic rings. The van der Waals surface area contributed by atoms with Crippen molar-refractivity contribution in [3.05, 3.63) is 113 Å². The molecule has 4 rings (SSSR count). The van der Waals surface area contributed by atoms with Crippen LogP contribution in [0.1, 0.15) is 37.5 Å². The van der Waals surface area contributed by atoms with E-state index >= 15 is 0 Å². The maximum Gasteiger partial charge on any atom is 0.210 e. The molecule has 142 valence electrons. The lowest BCUT2D eigenvalue weighted by atomic mass is 10.0. The summed E-state index contributed by atoms with van der Waals surface area (Å²) in [7, 11) is 0. The highest BCUT2D eigenvalue weighted by Gasteiger charge is 2.20. The zero-order chi connectivity index (χ0) is 20.4. The molecular weight excluding hydrogens is 367 g/mol. The summed E-state index contributed by atoms with van der Waals surface area (Å²) in [5, 5.41) is 0. The normalized spacial score (nSPS) is 11.2. The van der Waals surface area contributed by atoms with Crippen LogP contribution < -0.4 is 0 Å². The van der Waals surface area contributed by atoms with Crippen molar-refractivity contribution in [2.75, 3.05) is 0 Å². The van der Waals surface area contributed by atoms with E-state index in [-0.39, 0.29) is 11.6 Å². The molecule has 0 aliphatic heterocycles. The molecule has 0 N–H and O–H groups in total. The van der Waals surface area contributed by atoms with Crippen LogP contribution in [0.2, 0.25) is 0 Å². The third-order valence-corrected chi connectivity index (χ3v) is 4.80. The van der Waals surface area contributed by atoms with Gasteiger partial charge in [0.05, 0.1) is 11.2 Å². The quantitative estimate of drug-likeness (QED) is 0.363. The van der Waals surface area contributed by atoms with E-state index in [0.29, 0.717) is 16.8 Å². The van der Waals surface area contributed by atoms with Crippen LogP contribution in [0.3, 0.4) is 0 Å². The standard InChI is InChI=1S/C24H17FN2O2/c1-16-20(11-12-22(28)18-5-4-13-26-15-18)21-6-2-3-14-27(21)23(16)24(29)17-7-9-19(25)10-8-17/h2-15H,1H3/b12-11+. The Balaban J connectivity index is 1.79. The second-order valence-corrected chi connectivity index (χ2v) is 6.62. The van der Waals surface area contributed by atoms with Crippen molar-refractivity contribution in [2.24, 2.45) is 0 Å². The molecule has 3 aromatic heterocycles. The fraction of sp³-hybridized carbons (Fsp3) is 0.0417. The molecule has 3 heterocycles. The maximum atomic E-state index is 13.2. The van der Waals surface area contributed by atoms with Crippen LogP contribution in [0.25, 0.3) is 11.6 Å². The van der Waals surface area contributed by atoms with Gasteiger partial charge in [-0.1, -0.05) is 6.07 Å². The Morgan fingerprint density at radius 3 is 2.52 bits per heavy atom. The Hall–Kier alpha value is -3.86. The molecule has 0 bridgehead atoms. The first-order valence-corrected chi connectivity index (χ1v) is 9.08. The number of rotatable bonds is 5. The van der Waals surface area contributed by atoms with Crippen LogP contribution >= 0.6 is 0 Å². The van der Waals surface area contributed by atoms with Gasteiger partial charge in [0.25, 0.3) is 0 Å². The van der Waals surface area contributed by atoms with Crippen LogP contribution in [0.15, 0.2) is 79.3 Å². The van der Waals surface area contributed by atoms with Crippen molar-refractivity contribution in [2.45, 2.75) is 6.92 Å². The average Bonchev–Trinajstić information content (AvgIpc) is 3.04. The number of aromatic nitrogens is 2. The molecule has 0 fully saturated rings. The van der Waals surface area contributed by atoms with Crippen molar-refractivity contribution >= 4 is 23.2 Å². The zero-order valence-electron chi connectivity index (χ0n) is 15.7. The molecule has 0 spiro atoms. The molecule has 1 aromatic carbocycles. The van der Waals surface area contributed by atoms with Gasteiger partial charge in [0, 0.05) is 35.3 Å². The third kappa shape index (κ3) is 3.50. The molecule has 0 radical (unpaired) electrons. The summed E-state index contributed by atoms with van der Waals surface area (Å²) in [5.74, 6) is -0.767. The second kappa shape index (κ2) is 7.64. The Kier molecular flexibility index (Phi) is 4.87. The smallest absolute Gasteiger partial charge is 0.210 e. The largest absolute Gasteiger partial charge is 0.313 e. The number of hydrogen-bond donors (Lipinski definition) is 0.